The van der Waals surface area contributed by atoms with Crippen molar-refractivity contribution in [3.05, 3.63) is 0 Å². The molecule has 6 heteroatoms. The van der Waals surface area contributed by atoms with E-state index in [1.807, 2.05) is 0 Å². The number of halogens is 2. The molecule has 1 N–H and O–H groups in total. The maximum absolute atomic E-state index is 12.9. The lowest BCUT2D eigenvalue weighted by Gasteiger charge is -2.39. The third-order valence-corrected chi connectivity index (χ3v) is 5.87. The topological polar surface area (TPSA) is 35.6 Å². The average molecular weight is 366 g/mol. The van der Waals surface area contributed by atoms with Crippen LogP contribution in [0.5, 0.6) is 0 Å². The Bertz CT molecular complexity index is 361. The van der Waals surface area contributed by atoms with Gasteiger partial charge in [-0.2, -0.15) is 0 Å². The van der Waals surface area contributed by atoms with E-state index in [-0.39, 0.29) is 30.4 Å². The number of carbonyl (C=O) groups is 1. The van der Waals surface area contributed by atoms with E-state index in [2.05, 4.69) is 22.0 Å². The summed E-state index contributed by atoms with van der Waals surface area (Å²) in [6, 6.07) is 0. The van der Waals surface area contributed by atoms with E-state index in [4.69, 9.17) is 0 Å². The molecule has 1 amide bonds. The molecule has 23 heavy (non-hydrogen) atoms. The smallest absolute Gasteiger partial charge is 0.242 e. The van der Waals surface area contributed by atoms with Gasteiger partial charge < -0.3 is 15.1 Å². The van der Waals surface area contributed by atoms with E-state index in [9.17, 15) is 4.79 Å². The van der Waals surface area contributed by atoms with Crippen molar-refractivity contribution in [2.75, 3.05) is 39.3 Å². The van der Waals surface area contributed by atoms with Gasteiger partial charge in [-0.1, -0.05) is 6.92 Å². The van der Waals surface area contributed by atoms with Crippen molar-refractivity contribution < 1.29 is 4.79 Å². The molecule has 3 aliphatic heterocycles. The molecule has 3 saturated heterocycles. The van der Waals surface area contributed by atoms with Gasteiger partial charge in [0.15, 0.2) is 0 Å². The van der Waals surface area contributed by atoms with Crippen LogP contribution in [-0.2, 0) is 4.79 Å². The highest BCUT2D eigenvalue weighted by Crippen LogP contribution is 2.28. The van der Waals surface area contributed by atoms with Crippen LogP contribution in [0.3, 0.4) is 0 Å². The predicted octanol–water partition coefficient (Wildman–Crippen LogP) is 2.70. The quantitative estimate of drug-likeness (QED) is 0.831. The third kappa shape index (κ3) is 4.75. The molecule has 4 nitrogen and oxygen atoms in total. The van der Waals surface area contributed by atoms with E-state index < -0.39 is 0 Å². The Morgan fingerprint density at radius 2 is 1.74 bits per heavy atom. The van der Waals surface area contributed by atoms with Crippen molar-refractivity contribution in [1.29, 1.82) is 0 Å². The summed E-state index contributed by atoms with van der Waals surface area (Å²) < 4.78 is 0. The Kier molecular flexibility index (Phi) is 8.64. The lowest BCUT2D eigenvalue weighted by Crippen LogP contribution is -2.56. The molecular weight excluding hydrogens is 333 g/mol. The molecule has 0 spiro atoms. The van der Waals surface area contributed by atoms with Gasteiger partial charge in [-0.15, -0.1) is 24.8 Å². The lowest BCUT2D eigenvalue weighted by atomic mass is 9.89. The Morgan fingerprint density at radius 3 is 2.26 bits per heavy atom. The third-order valence-electron chi connectivity index (χ3n) is 5.87. The van der Waals surface area contributed by atoms with Gasteiger partial charge in [0.25, 0.3) is 0 Å². The number of piperidine rings is 1. The minimum absolute atomic E-state index is 0. The summed E-state index contributed by atoms with van der Waals surface area (Å²) >= 11 is 0. The van der Waals surface area contributed by atoms with Gasteiger partial charge >= 0.3 is 0 Å². The van der Waals surface area contributed by atoms with Crippen LogP contribution in [-0.4, -0.2) is 60.5 Å². The number of carbonyl (C=O) groups excluding carboxylic acids is 1. The molecule has 0 radical (unpaired) electrons. The fourth-order valence-electron chi connectivity index (χ4n) is 4.39. The number of nitrogens with zero attached hydrogens (tertiary/aromatic N) is 2. The fourth-order valence-corrected chi connectivity index (χ4v) is 4.39. The maximum Gasteiger partial charge on any atom is 0.242 e. The Balaban J connectivity index is 0.00000132. The summed E-state index contributed by atoms with van der Waals surface area (Å²) in [5, 5.41) is 3.49. The molecule has 3 aliphatic rings. The molecule has 3 rings (SSSR count). The summed E-state index contributed by atoms with van der Waals surface area (Å²) in [5.74, 6) is 1.18. The number of hydrogen-bond donors (Lipinski definition) is 1. The molecule has 1 unspecified atom stereocenters. The number of hydrogen-bond acceptors (Lipinski definition) is 3. The molecule has 136 valence electrons. The van der Waals surface area contributed by atoms with E-state index in [0.29, 0.717) is 5.91 Å². The van der Waals surface area contributed by atoms with Crippen LogP contribution in [0.4, 0.5) is 0 Å². The summed E-state index contributed by atoms with van der Waals surface area (Å²) in [5.41, 5.74) is -0.234. The number of amides is 1. The first-order chi connectivity index (χ1) is 10.2. The average Bonchev–Trinajstić information content (AvgIpc) is 3.19. The van der Waals surface area contributed by atoms with Crippen molar-refractivity contribution in [1.82, 2.24) is 15.1 Å². The highest BCUT2D eigenvalue weighted by Gasteiger charge is 2.42. The number of likely N-dealkylation sites (tertiary alicyclic amines) is 2. The zero-order chi connectivity index (χ0) is 14.7. The highest BCUT2D eigenvalue weighted by molar-refractivity contribution is 5.87. The van der Waals surface area contributed by atoms with Crippen LogP contribution in [0, 0.1) is 5.92 Å². The van der Waals surface area contributed by atoms with Gasteiger partial charge in [-0.3, -0.25) is 4.79 Å². The minimum atomic E-state index is -0.234. The van der Waals surface area contributed by atoms with Gasteiger partial charge in [0.1, 0.15) is 0 Å². The number of rotatable bonds is 4. The monoisotopic (exact) mass is 365 g/mol. The Hall–Kier alpha value is -0.0300. The zero-order valence-corrected chi connectivity index (χ0v) is 16.0. The van der Waals surface area contributed by atoms with E-state index in [1.54, 1.807) is 0 Å². The maximum atomic E-state index is 12.9. The first-order valence-electron chi connectivity index (χ1n) is 9.00. The minimum Gasteiger partial charge on any atom is -0.341 e. The Labute approximate surface area is 153 Å². The fraction of sp³-hybridized carbons (Fsp3) is 0.941. The van der Waals surface area contributed by atoms with Crippen molar-refractivity contribution in [3.8, 4) is 0 Å². The lowest BCUT2D eigenvalue weighted by molar-refractivity contribution is -0.139. The second-order valence-corrected chi connectivity index (χ2v) is 7.21. The van der Waals surface area contributed by atoms with Gasteiger partial charge in [0, 0.05) is 19.6 Å². The summed E-state index contributed by atoms with van der Waals surface area (Å²) in [4.78, 5) is 17.6. The van der Waals surface area contributed by atoms with Crippen LogP contribution in [0.15, 0.2) is 0 Å². The highest BCUT2D eigenvalue weighted by atomic mass is 35.5. The Morgan fingerprint density at radius 1 is 1.09 bits per heavy atom. The molecule has 0 saturated carbocycles. The van der Waals surface area contributed by atoms with Crippen molar-refractivity contribution in [3.63, 3.8) is 0 Å². The normalized spacial score (nSPS) is 29.2. The summed E-state index contributed by atoms with van der Waals surface area (Å²) in [6.45, 7) is 8.95. The van der Waals surface area contributed by atoms with Gasteiger partial charge in [-0.25, -0.2) is 0 Å². The number of nitrogens with one attached hydrogen (secondary N) is 1. The van der Waals surface area contributed by atoms with E-state index in [0.717, 1.165) is 44.8 Å². The van der Waals surface area contributed by atoms with Gasteiger partial charge in [0.2, 0.25) is 5.91 Å². The molecule has 1 atom stereocenters. The molecule has 0 aromatic heterocycles. The van der Waals surface area contributed by atoms with Crippen LogP contribution < -0.4 is 5.32 Å². The first-order valence-corrected chi connectivity index (χ1v) is 9.00. The standard InChI is InChI=1S/C17H31N3O.2ClH/c1-2-17(8-5-9-18-17)16(21)20-12-6-15(7-13-20)14-19-10-3-4-11-19;;/h15,18H,2-14H2,1H3;2*1H. The SMILES string of the molecule is CCC1(C(=O)N2CCC(CN3CCCC3)CC2)CCCN1.Cl.Cl. The van der Waals surface area contributed by atoms with Crippen molar-refractivity contribution >= 4 is 30.7 Å². The second kappa shape index (κ2) is 9.45. The molecular formula is C17H33Cl2N3O. The summed E-state index contributed by atoms with van der Waals surface area (Å²) in [6.07, 6.45) is 8.24. The van der Waals surface area contributed by atoms with E-state index in [1.165, 1.54) is 45.3 Å². The largest absolute Gasteiger partial charge is 0.341 e. The van der Waals surface area contributed by atoms with Gasteiger partial charge in [-0.05, 0) is 70.5 Å². The second-order valence-electron chi connectivity index (χ2n) is 7.21. The zero-order valence-electron chi connectivity index (χ0n) is 14.4. The molecule has 0 aliphatic carbocycles. The van der Waals surface area contributed by atoms with Crippen LogP contribution >= 0.6 is 24.8 Å². The van der Waals surface area contributed by atoms with Crippen LogP contribution in [0.2, 0.25) is 0 Å². The summed E-state index contributed by atoms with van der Waals surface area (Å²) in [7, 11) is 0. The van der Waals surface area contributed by atoms with E-state index >= 15 is 0 Å². The molecule has 0 bridgehead atoms. The molecule has 0 aromatic rings. The first kappa shape index (κ1) is 21.0. The molecule has 3 heterocycles. The van der Waals surface area contributed by atoms with Crippen LogP contribution in [0.1, 0.15) is 51.9 Å². The van der Waals surface area contributed by atoms with Crippen molar-refractivity contribution in [2.45, 2.75) is 57.4 Å². The molecule has 3 fully saturated rings. The van der Waals surface area contributed by atoms with Gasteiger partial charge in [0.05, 0.1) is 5.54 Å². The predicted molar refractivity (Wildman–Crippen MR) is 99.7 cm³/mol. The van der Waals surface area contributed by atoms with Crippen LogP contribution in [0.25, 0.3) is 0 Å². The molecule has 0 aromatic carbocycles. The van der Waals surface area contributed by atoms with Crippen molar-refractivity contribution in [2.24, 2.45) is 5.92 Å².